The van der Waals surface area contributed by atoms with Gasteiger partial charge in [-0.1, -0.05) is 0 Å². The second-order valence-corrected chi connectivity index (χ2v) is 6.27. The Balaban J connectivity index is 1.85. The first-order valence-electron chi connectivity index (χ1n) is 7.61. The molecule has 3 rings (SSSR count). The van der Waals surface area contributed by atoms with Crippen molar-refractivity contribution in [3.05, 3.63) is 23.2 Å². The summed E-state index contributed by atoms with van der Waals surface area (Å²) in [4.78, 5) is 32.6. The average molecular weight is 347 g/mol. The molecule has 0 saturated heterocycles. The molecule has 2 aromatic rings. The number of carbonyl (C=O) groups excluding carboxylic acids is 2. The monoisotopic (exact) mass is 347 g/mol. The van der Waals surface area contributed by atoms with Crippen LogP contribution in [0.1, 0.15) is 29.4 Å². The van der Waals surface area contributed by atoms with Gasteiger partial charge in [-0.3, -0.25) is 4.79 Å². The first-order valence-corrected chi connectivity index (χ1v) is 8.43. The lowest BCUT2D eigenvalue weighted by molar-refractivity contribution is -0.117. The van der Waals surface area contributed by atoms with E-state index in [9.17, 15) is 9.59 Å². The number of methoxy groups -OCH3 is 1. The predicted octanol–water partition coefficient (Wildman–Crippen LogP) is 2.74. The van der Waals surface area contributed by atoms with Gasteiger partial charge in [-0.05, 0) is 31.9 Å². The number of amides is 1. The molecule has 8 heteroatoms. The Morgan fingerprint density at radius 3 is 2.88 bits per heavy atom. The van der Waals surface area contributed by atoms with E-state index in [-0.39, 0.29) is 24.3 Å². The number of thiazole rings is 1. The van der Waals surface area contributed by atoms with E-state index in [4.69, 9.17) is 9.47 Å². The van der Waals surface area contributed by atoms with Gasteiger partial charge in [0, 0.05) is 17.7 Å². The molecule has 0 unspecified atom stereocenters. The van der Waals surface area contributed by atoms with E-state index in [0.717, 1.165) is 18.4 Å². The highest BCUT2D eigenvalue weighted by molar-refractivity contribution is 7.17. The van der Waals surface area contributed by atoms with Crippen LogP contribution in [0.2, 0.25) is 0 Å². The van der Waals surface area contributed by atoms with Crippen molar-refractivity contribution in [2.24, 2.45) is 5.92 Å². The lowest BCUT2D eigenvalue weighted by atomic mass is 10.2. The van der Waals surface area contributed by atoms with Crippen molar-refractivity contribution < 1.29 is 19.1 Å². The number of aromatic nitrogens is 2. The summed E-state index contributed by atoms with van der Waals surface area (Å²) >= 11 is 1.18. The summed E-state index contributed by atoms with van der Waals surface area (Å²) in [6.45, 7) is 2.02. The van der Waals surface area contributed by atoms with Crippen molar-refractivity contribution in [2.45, 2.75) is 19.8 Å². The van der Waals surface area contributed by atoms with Gasteiger partial charge >= 0.3 is 5.97 Å². The maximum absolute atomic E-state index is 12.0. The normalized spacial score (nSPS) is 13.4. The number of hydrogen-bond donors (Lipinski definition) is 1. The van der Waals surface area contributed by atoms with E-state index in [1.165, 1.54) is 18.4 Å². The molecular formula is C16H17N3O4S. The second kappa shape index (κ2) is 6.96. The van der Waals surface area contributed by atoms with E-state index in [1.807, 2.05) is 0 Å². The van der Waals surface area contributed by atoms with Gasteiger partial charge in [-0.15, -0.1) is 11.3 Å². The molecule has 1 amide bonds. The molecular weight excluding hydrogens is 330 g/mol. The highest BCUT2D eigenvalue weighted by atomic mass is 32.1. The molecule has 24 heavy (non-hydrogen) atoms. The number of ether oxygens (including phenoxy) is 2. The fraction of sp³-hybridized carbons (Fsp3) is 0.375. The van der Waals surface area contributed by atoms with Gasteiger partial charge in [0.25, 0.3) is 0 Å². The van der Waals surface area contributed by atoms with Crippen molar-refractivity contribution in [1.29, 1.82) is 0 Å². The smallest absolute Gasteiger partial charge is 0.354 e. The maximum atomic E-state index is 12.0. The molecule has 1 aliphatic carbocycles. The van der Waals surface area contributed by atoms with Crippen LogP contribution in [0.4, 0.5) is 5.82 Å². The van der Waals surface area contributed by atoms with Crippen LogP contribution in [0.3, 0.4) is 0 Å². The number of hydrogen-bond acceptors (Lipinski definition) is 7. The Morgan fingerprint density at radius 1 is 1.42 bits per heavy atom. The van der Waals surface area contributed by atoms with E-state index >= 15 is 0 Å². The van der Waals surface area contributed by atoms with Crippen molar-refractivity contribution in [3.63, 3.8) is 0 Å². The summed E-state index contributed by atoms with van der Waals surface area (Å²) < 4.78 is 10.2. The zero-order valence-corrected chi connectivity index (χ0v) is 14.2. The largest absolute Gasteiger partial charge is 0.480 e. The number of rotatable bonds is 6. The Kier molecular flexibility index (Phi) is 4.75. The number of esters is 1. The quantitative estimate of drug-likeness (QED) is 0.808. The predicted molar refractivity (Wildman–Crippen MR) is 89.2 cm³/mol. The number of carbonyl (C=O) groups is 2. The summed E-state index contributed by atoms with van der Waals surface area (Å²) in [6.07, 6.45) is 3.45. The highest BCUT2D eigenvalue weighted by Crippen LogP contribution is 2.34. The van der Waals surface area contributed by atoms with Crippen LogP contribution < -0.4 is 10.1 Å². The Hall–Kier alpha value is -2.48. The molecule has 2 aromatic heterocycles. The van der Waals surface area contributed by atoms with Crippen LogP contribution in [0.15, 0.2) is 18.3 Å². The van der Waals surface area contributed by atoms with Gasteiger partial charge in [-0.2, -0.15) is 0 Å². The molecule has 7 nitrogen and oxygen atoms in total. The van der Waals surface area contributed by atoms with Crippen LogP contribution >= 0.6 is 11.3 Å². The summed E-state index contributed by atoms with van der Waals surface area (Å²) in [5.74, 6) is 0.328. The van der Waals surface area contributed by atoms with Crippen LogP contribution in [0, 0.1) is 5.92 Å². The summed E-state index contributed by atoms with van der Waals surface area (Å²) in [5, 5.41) is 3.39. The van der Waals surface area contributed by atoms with Crippen LogP contribution in [0.5, 0.6) is 5.88 Å². The third kappa shape index (κ3) is 3.53. The lowest BCUT2D eigenvalue weighted by Gasteiger charge is -2.04. The van der Waals surface area contributed by atoms with Gasteiger partial charge in [-0.25, -0.2) is 14.8 Å². The van der Waals surface area contributed by atoms with Crippen molar-refractivity contribution >= 4 is 29.0 Å². The molecule has 0 aromatic carbocycles. The minimum absolute atomic E-state index is 0.0106. The number of nitrogens with one attached hydrogen (secondary N) is 1. The summed E-state index contributed by atoms with van der Waals surface area (Å²) in [7, 11) is 1.45. The fourth-order valence-electron chi connectivity index (χ4n) is 2.10. The van der Waals surface area contributed by atoms with E-state index in [0.29, 0.717) is 15.7 Å². The molecule has 1 fully saturated rings. The zero-order chi connectivity index (χ0) is 17.1. The Morgan fingerprint density at radius 2 is 2.21 bits per heavy atom. The summed E-state index contributed by atoms with van der Waals surface area (Å²) in [5.41, 5.74) is 0.745. The Labute approximate surface area is 143 Å². The Bertz CT molecular complexity index is 770. The molecule has 0 bridgehead atoms. The van der Waals surface area contributed by atoms with Gasteiger partial charge < -0.3 is 14.8 Å². The molecule has 2 heterocycles. The first kappa shape index (κ1) is 16.4. The van der Waals surface area contributed by atoms with Crippen molar-refractivity contribution in [3.8, 4) is 16.5 Å². The zero-order valence-electron chi connectivity index (χ0n) is 13.4. The molecule has 0 spiro atoms. The van der Waals surface area contributed by atoms with E-state index in [2.05, 4.69) is 15.3 Å². The summed E-state index contributed by atoms with van der Waals surface area (Å²) in [6, 6.07) is 3.49. The van der Waals surface area contributed by atoms with Crippen molar-refractivity contribution in [1.82, 2.24) is 9.97 Å². The first-order chi connectivity index (χ1) is 11.6. The number of nitrogens with zero attached hydrogens (tertiary/aromatic N) is 2. The van der Waals surface area contributed by atoms with Crippen LogP contribution in [0.25, 0.3) is 10.6 Å². The molecule has 0 aliphatic heterocycles. The van der Waals surface area contributed by atoms with E-state index < -0.39 is 5.97 Å². The molecule has 0 radical (unpaired) electrons. The van der Waals surface area contributed by atoms with Gasteiger partial charge in [0.05, 0.1) is 13.7 Å². The minimum atomic E-state index is -0.464. The topological polar surface area (TPSA) is 90.4 Å². The minimum Gasteiger partial charge on any atom is -0.480 e. The highest BCUT2D eigenvalue weighted by Gasteiger charge is 2.30. The van der Waals surface area contributed by atoms with Crippen molar-refractivity contribution in [2.75, 3.05) is 19.0 Å². The third-order valence-electron chi connectivity index (χ3n) is 3.46. The second-order valence-electron chi connectivity index (χ2n) is 5.27. The standard InChI is InChI=1S/C16H17N3O4S/c1-3-23-16(21)12-14(22-2)19-15(24-12)10-6-7-17-11(8-10)18-13(20)9-4-5-9/h6-9H,3-5H2,1-2H3,(H,17,18,20). The third-order valence-corrected chi connectivity index (χ3v) is 4.52. The SMILES string of the molecule is CCOC(=O)c1sc(-c2ccnc(NC(=O)C3CC3)c2)nc1OC. The average Bonchev–Trinajstić information content (AvgIpc) is 3.34. The maximum Gasteiger partial charge on any atom is 0.354 e. The lowest BCUT2D eigenvalue weighted by Crippen LogP contribution is -2.14. The van der Waals surface area contributed by atoms with Gasteiger partial charge in [0.1, 0.15) is 10.8 Å². The van der Waals surface area contributed by atoms with Crippen LogP contribution in [-0.2, 0) is 9.53 Å². The number of pyridine rings is 1. The molecule has 1 saturated carbocycles. The van der Waals surface area contributed by atoms with E-state index in [1.54, 1.807) is 25.3 Å². The van der Waals surface area contributed by atoms with Gasteiger partial charge in [0.15, 0.2) is 4.88 Å². The molecule has 0 atom stereocenters. The number of anilines is 1. The molecule has 1 aliphatic rings. The van der Waals surface area contributed by atoms with Crippen LogP contribution in [-0.4, -0.2) is 35.6 Å². The fourth-order valence-corrected chi connectivity index (χ4v) is 3.02. The van der Waals surface area contributed by atoms with Gasteiger partial charge in [0.2, 0.25) is 11.8 Å². The molecule has 1 N–H and O–H groups in total. The molecule has 126 valence electrons.